The van der Waals surface area contributed by atoms with Crippen LogP contribution < -0.4 is 5.73 Å². The fourth-order valence-electron chi connectivity index (χ4n) is 1.97. The summed E-state index contributed by atoms with van der Waals surface area (Å²) in [6.07, 6.45) is 0.956. The summed E-state index contributed by atoms with van der Waals surface area (Å²) in [5.74, 6) is 1.17. The van der Waals surface area contributed by atoms with Crippen LogP contribution >= 0.6 is 0 Å². The molecule has 2 N–H and O–H groups in total. The fourth-order valence-corrected chi connectivity index (χ4v) is 1.97. The van der Waals surface area contributed by atoms with Gasteiger partial charge in [-0.1, -0.05) is 26.0 Å². The van der Waals surface area contributed by atoms with Gasteiger partial charge in [0.15, 0.2) is 0 Å². The van der Waals surface area contributed by atoms with E-state index in [9.17, 15) is 0 Å². The van der Waals surface area contributed by atoms with Gasteiger partial charge in [-0.05, 0) is 24.5 Å². The number of ether oxygens (including phenoxy) is 1. The molecule has 1 aromatic heterocycles. The number of aryl methyl sites for hydroxylation is 1. The number of hydrogen-bond donors (Lipinski definition) is 1. The minimum absolute atomic E-state index is 0.583. The first-order valence-corrected chi connectivity index (χ1v) is 6.47. The monoisotopic (exact) mass is 247 g/mol. The molecular weight excluding hydrogens is 226 g/mol. The third kappa shape index (κ3) is 3.01. The number of nitrogens with two attached hydrogens (primary N) is 1. The molecule has 0 spiro atoms. The van der Waals surface area contributed by atoms with E-state index in [1.807, 2.05) is 28.8 Å². The lowest BCUT2D eigenvalue weighted by Crippen LogP contribution is -2.08. The van der Waals surface area contributed by atoms with E-state index in [-0.39, 0.29) is 0 Å². The molecule has 0 saturated heterocycles. The van der Waals surface area contributed by atoms with Crippen LogP contribution in [0.5, 0.6) is 0 Å². The summed E-state index contributed by atoms with van der Waals surface area (Å²) < 4.78 is 7.62. The van der Waals surface area contributed by atoms with Gasteiger partial charge in [-0.25, -0.2) is 4.98 Å². The number of nitrogen functional groups attached to an aromatic ring is 1. The van der Waals surface area contributed by atoms with Crippen LogP contribution in [0.4, 0.5) is 5.95 Å². The Morgan fingerprint density at radius 3 is 2.89 bits per heavy atom. The molecule has 4 nitrogen and oxygen atoms in total. The second kappa shape index (κ2) is 5.87. The van der Waals surface area contributed by atoms with Crippen molar-refractivity contribution in [2.75, 3.05) is 18.9 Å². The molecule has 98 valence electrons. The van der Waals surface area contributed by atoms with Crippen LogP contribution in [0, 0.1) is 5.92 Å². The summed E-state index contributed by atoms with van der Waals surface area (Å²) in [6.45, 7) is 6.75. The van der Waals surface area contributed by atoms with Gasteiger partial charge in [-0.3, -0.25) is 0 Å². The Morgan fingerprint density at radius 2 is 2.11 bits per heavy atom. The van der Waals surface area contributed by atoms with Crippen molar-refractivity contribution in [3.8, 4) is 0 Å². The zero-order chi connectivity index (χ0) is 13.0. The molecule has 0 atom stereocenters. The number of para-hydroxylation sites is 2. The molecule has 2 rings (SSSR count). The van der Waals surface area contributed by atoms with Crippen molar-refractivity contribution in [2.24, 2.45) is 5.92 Å². The van der Waals surface area contributed by atoms with Gasteiger partial charge in [-0.15, -0.1) is 0 Å². The molecule has 1 aromatic carbocycles. The molecule has 0 aliphatic carbocycles. The van der Waals surface area contributed by atoms with Crippen LogP contribution in [0.2, 0.25) is 0 Å². The molecular formula is C14H21N3O. The number of benzene rings is 1. The maximum atomic E-state index is 5.93. The highest BCUT2D eigenvalue weighted by atomic mass is 16.5. The Hall–Kier alpha value is -1.55. The number of imidazole rings is 1. The highest BCUT2D eigenvalue weighted by Gasteiger charge is 2.06. The van der Waals surface area contributed by atoms with Crippen LogP contribution in [0.15, 0.2) is 24.3 Å². The van der Waals surface area contributed by atoms with Gasteiger partial charge < -0.3 is 15.0 Å². The van der Waals surface area contributed by atoms with Crippen molar-refractivity contribution in [1.82, 2.24) is 9.55 Å². The van der Waals surface area contributed by atoms with Gasteiger partial charge in [-0.2, -0.15) is 0 Å². The van der Waals surface area contributed by atoms with Crippen LogP contribution in [0.25, 0.3) is 11.0 Å². The molecule has 0 aliphatic heterocycles. The van der Waals surface area contributed by atoms with Crippen molar-refractivity contribution in [3.63, 3.8) is 0 Å². The molecule has 2 aromatic rings. The third-order valence-corrected chi connectivity index (χ3v) is 2.81. The highest BCUT2D eigenvalue weighted by molar-refractivity contribution is 5.78. The minimum Gasteiger partial charge on any atom is -0.381 e. The van der Waals surface area contributed by atoms with Gasteiger partial charge in [0, 0.05) is 19.8 Å². The van der Waals surface area contributed by atoms with Crippen LogP contribution in [-0.2, 0) is 11.3 Å². The first-order valence-electron chi connectivity index (χ1n) is 6.47. The van der Waals surface area contributed by atoms with Crippen LogP contribution in [0.1, 0.15) is 20.3 Å². The molecule has 0 bridgehead atoms. The zero-order valence-corrected chi connectivity index (χ0v) is 11.1. The first kappa shape index (κ1) is 12.9. The number of anilines is 1. The number of fused-ring (bicyclic) bond motifs is 1. The summed E-state index contributed by atoms with van der Waals surface area (Å²) in [4.78, 5) is 4.34. The lowest BCUT2D eigenvalue weighted by Gasteiger charge is -2.08. The number of hydrogen-bond acceptors (Lipinski definition) is 3. The molecule has 0 fully saturated rings. The lowest BCUT2D eigenvalue weighted by atomic mass is 10.2. The fraction of sp³-hybridized carbons (Fsp3) is 0.500. The van der Waals surface area contributed by atoms with E-state index in [2.05, 4.69) is 18.8 Å². The van der Waals surface area contributed by atoms with Gasteiger partial charge in [0.25, 0.3) is 0 Å². The Morgan fingerprint density at radius 1 is 1.33 bits per heavy atom. The Kier molecular flexibility index (Phi) is 4.20. The molecule has 0 saturated carbocycles. The minimum atomic E-state index is 0.583. The van der Waals surface area contributed by atoms with E-state index in [1.165, 1.54) is 0 Å². The summed E-state index contributed by atoms with van der Waals surface area (Å²) in [5, 5.41) is 0. The number of aromatic nitrogens is 2. The van der Waals surface area contributed by atoms with Gasteiger partial charge in [0.05, 0.1) is 11.0 Å². The molecule has 18 heavy (non-hydrogen) atoms. The van der Waals surface area contributed by atoms with E-state index >= 15 is 0 Å². The van der Waals surface area contributed by atoms with E-state index in [0.717, 1.165) is 37.2 Å². The molecule has 0 aliphatic rings. The predicted octanol–water partition coefficient (Wildman–Crippen LogP) is 2.68. The summed E-state index contributed by atoms with van der Waals surface area (Å²) >= 11 is 0. The molecule has 0 amide bonds. The van der Waals surface area contributed by atoms with E-state index in [0.29, 0.717) is 11.9 Å². The van der Waals surface area contributed by atoms with Gasteiger partial charge >= 0.3 is 0 Å². The van der Waals surface area contributed by atoms with E-state index < -0.39 is 0 Å². The predicted molar refractivity (Wildman–Crippen MR) is 74.4 cm³/mol. The van der Waals surface area contributed by atoms with Crippen molar-refractivity contribution >= 4 is 17.0 Å². The second-order valence-corrected chi connectivity index (χ2v) is 4.93. The second-order valence-electron chi connectivity index (χ2n) is 4.93. The van der Waals surface area contributed by atoms with Crippen molar-refractivity contribution in [3.05, 3.63) is 24.3 Å². The SMILES string of the molecule is CC(C)COCCCn1c(N)nc2ccccc21. The van der Waals surface area contributed by atoms with Gasteiger partial charge in [0.1, 0.15) is 0 Å². The summed E-state index contributed by atoms with van der Waals surface area (Å²) in [6, 6.07) is 8.02. The average Bonchev–Trinajstić information content (AvgIpc) is 2.65. The van der Waals surface area contributed by atoms with E-state index in [1.54, 1.807) is 0 Å². The highest BCUT2D eigenvalue weighted by Crippen LogP contribution is 2.17. The van der Waals surface area contributed by atoms with Crippen molar-refractivity contribution in [1.29, 1.82) is 0 Å². The zero-order valence-electron chi connectivity index (χ0n) is 11.1. The maximum Gasteiger partial charge on any atom is 0.201 e. The lowest BCUT2D eigenvalue weighted by molar-refractivity contribution is 0.105. The van der Waals surface area contributed by atoms with Crippen molar-refractivity contribution < 1.29 is 4.74 Å². The van der Waals surface area contributed by atoms with Crippen LogP contribution in [0.3, 0.4) is 0 Å². The third-order valence-electron chi connectivity index (χ3n) is 2.81. The quantitative estimate of drug-likeness (QED) is 0.798. The maximum absolute atomic E-state index is 5.93. The summed E-state index contributed by atoms with van der Waals surface area (Å²) in [5.41, 5.74) is 7.98. The largest absolute Gasteiger partial charge is 0.381 e. The smallest absolute Gasteiger partial charge is 0.201 e. The molecule has 4 heteroatoms. The van der Waals surface area contributed by atoms with E-state index in [4.69, 9.17) is 10.5 Å². The Bertz CT molecular complexity index is 505. The topological polar surface area (TPSA) is 53.1 Å². The Labute approximate surface area is 108 Å². The number of rotatable bonds is 6. The van der Waals surface area contributed by atoms with Gasteiger partial charge in [0.2, 0.25) is 5.95 Å². The van der Waals surface area contributed by atoms with Crippen LogP contribution in [-0.4, -0.2) is 22.8 Å². The molecule has 1 heterocycles. The molecule has 0 radical (unpaired) electrons. The Balaban J connectivity index is 1.93. The number of nitrogens with zero attached hydrogens (tertiary/aromatic N) is 2. The average molecular weight is 247 g/mol. The summed E-state index contributed by atoms with van der Waals surface area (Å²) in [7, 11) is 0. The first-order chi connectivity index (χ1) is 8.68. The molecule has 0 unspecified atom stereocenters. The standard InChI is InChI=1S/C14H21N3O/c1-11(2)10-18-9-5-8-17-13-7-4-3-6-12(13)16-14(17)15/h3-4,6-7,11H,5,8-10H2,1-2H3,(H2,15,16). The normalized spacial score (nSPS) is 11.5. The van der Waals surface area contributed by atoms with Crippen molar-refractivity contribution in [2.45, 2.75) is 26.8 Å².